The normalized spacial score (nSPS) is 23.7. The zero-order valence-corrected chi connectivity index (χ0v) is 36.2. The van der Waals surface area contributed by atoms with E-state index in [0.717, 1.165) is 30.0 Å². The van der Waals surface area contributed by atoms with E-state index in [4.69, 9.17) is 30.5 Å². The summed E-state index contributed by atoms with van der Waals surface area (Å²) in [5, 5.41) is 42.5. The Labute approximate surface area is 364 Å². The minimum Gasteiger partial charge on any atom is -0.508 e. The lowest BCUT2D eigenvalue weighted by Gasteiger charge is -2.43. The number of aliphatic hydroxyl groups excluding tert-OH is 2. The van der Waals surface area contributed by atoms with Crippen LogP contribution in [0.4, 0.5) is 4.39 Å². The van der Waals surface area contributed by atoms with Crippen molar-refractivity contribution in [3.63, 3.8) is 0 Å². The molecule has 12 heteroatoms. The summed E-state index contributed by atoms with van der Waals surface area (Å²) in [6.07, 6.45) is 2.69. The smallest absolute Gasteiger partial charge is 0.198 e. The number of ketones is 2. The molecule has 8 rings (SSSR count). The number of hydrogen-bond donors (Lipinski definition) is 2. The van der Waals surface area contributed by atoms with Gasteiger partial charge < -0.3 is 29.2 Å². The molecule has 4 aromatic carbocycles. The first-order chi connectivity index (χ1) is 29.2. The molecule has 3 atom stereocenters. The fourth-order valence-electron chi connectivity index (χ4n) is 9.03. The maximum atomic E-state index is 15.0. The first-order valence-corrected chi connectivity index (χ1v) is 20.9. The lowest BCUT2D eigenvalue weighted by molar-refractivity contribution is -0.165. The third-order valence-electron chi connectivity index (χ3n) is 12.3. The second kappa shape index (κ2) is 15.1. The molecule has 62 heavy (non-hydrogen) atoms. The minimum atomic E-state index is -1.41. The Kier molecular flexibility index (Phi) is 10.4. The average Bonchev–Trinajstić information content (AvgIpc) is 4.15. The number of aliphatic hydroxyl groups is 2. The van der Waals surface area contributed by atoms with Gasteiger partial charge in [0.05, 0.1) is 33.4 Å². The van der Waals surface area contributed by atoms with Gasteiger partial charge in [-0.2, -0.15) is 10.5 Å². The second-order valence-corrected chi connectivity index (χ2v) is 18.8. The van der Waals surface area contributed by atoms with Crippen molar-refractivity contribution in [3.05, 3.63) is 129 Å². The van der Waals surface area contributed by atoms with Crippen LogP contribution in [-0.4, -0.2) is 44.2 Å². The van der Waals surface area contributed by atoms with Crippen molar-refractivity contribution in [2.24, 2.45) is 5.92 Å². The van der Waals surface area contributed by atoms with Crippen LogP contribution in [0.25, 0.3) is 11.1 Å². The highest BCUT2D eigenvalue weighted by atomic mass is 35.5. The van der Waals surface area contributed by atoms with E-state index in [-0.39, 0.29) is 68.9 Å². The van der Waals surface area contributed by atoms with Gasteiger partial charge in [0.1, 0.15) is 57.2 Å². The topological polar surface area (TPSA) is 159 Å². The Bertz CT molecular complexity index is 2740. The summed E-state index contributed by atoms with van der Waals surface area (Å²) in [6.45, 7) is 11.9. The van der Waals surface area contributed by atoms with E-state index in [1.165, 1.54) is 18.2 Å². The van der Waals surface area contributed by atoms with Gasteiger partial charge in [-0.15, -0.1) is 0 Å². The predicted molar refractivity (Wildman–Crippen MR) is 230 cm³/mol. The molecular weight excluding hydrogens is 811 g/mol. The van der Waals surface area contributed by atoms with Crippen molar-refractivity contribution in [1.82, 2.24) is 0 Å². The molecule has 0 saturated heterocycles. The van der Waals surface area contributed by atoms with E-state index in [1.54, 1.807) is 84.9 Å². The van der Waals surface area contributed by atoms with Gasteiger partial charge in [-0.1, -0.05) is 23.7 Å². The zero-order valence-electron chi connectivity index (χ0n) is 35.5. The average molecular weight is 857 g/mol. The monoisotopic (exact) mass is 856 g/mol. The first-order valence-electron chi connectivity index (χ1n) is 20.6. The summed E-state index contributed by atoms with van der Waals surface area (Å²) in [5.74, 6) is -1.23. The Hall–Kier alpha value is -5.98. The van der Waals surface area contributed by atoms with E-state index in [0.29, 0.717) is 34.6 Å². The van der Waals surface area contributed by atoms with Crippen molar-refractivity contribution < 1.29 is 43.1 Å². The number of nitrogens with zero attached hydrogens (tertiary/aromatic N) is 2. The van der Waals surface area contributed by atoms with Crippen LogP contribution in [0.5, 0.6) is 23.0 Å². The van der Waals surface area contributed by atoms with Crippen LogP contribution in [0.15, 0.2) is 84.3 Å². The third kappa shape index (κ3) is 7.75. The van der Waals surface area contributed by atoms with E-state index in [1.807, 2.05) is 24.3 Å². The number of benzene rings is 4. The highest BCUT2D eigenvalue weighted by molar-refractivity contribution is 6.32. The number of halogens is 2. The Balaban J connectivity index is 1.14. The van der Waals surface area contributed by atoms with Crippen LogP contribution in [-0.2, 0) is 19.1 Å². The SMILES string of the molecule is CC1(C)OC(C)(C)C(O)=C(c2cc(Oc3ccc(C#N)c(Cl)c3)ccc2C2CC2CC2(C)OC(C)(C)C(O)=C(c3cc(Oc4cc(C#N)ccc4F)ccc3C3CC3)C2=O)C1=O. The highest BCUT2D eigenvalue weighted by Crippen LogP contribution is 2.57. The minimum absolute atomic E-state index is 0.108. The fraction of sp³-hybridized carbons (Fsp3) is 0.360. The van der Waals surface area contributed by atoms with Crippen LogP contribution in [0.2, 0.25) is 5.02 Å². The van der Waals surface area contributed by atoms with Crippen LogP contribution in [0, 0.1) is 34.4 Å². The van der Waals surface area contributed by atoms with E-state index < -0.39 is 39.8 Å². The van der Waals surface area contributed by atoms with Gasteiger partial charge in [-0.05, 0) is 163 Å². The molecule has 2 saturated carbocycles. The fourth-order valence-corrected chi connectivity index (χ4v) is 9.24. The number of Topliss-reactive ketones (excluding diaryl/α,β-unsaturated/α-hetero) is 2. The van der Waals surface area contributed by atoms with Gasteiger partial charge >= 0.3 is 0 Å². The van der Waals surface area contributed by atoms with Gasteiger partial charge in [0.15, 0.2) is 23.1 Å². The lowest BCUT2D eigenvalue weighted by atomic mass is 9.77. The number of carbonyl (C=O) groups excluding carboxylic acids is 2. The summed E-state index contributed by atoms with van der Waals surface area (Å²) in [6, 6.07) is 23.1. The molecule has 4 aromatic rings. The maximum absolute atomic E-state index is 15.0. The van der Waals surface area contributed by atoms with E-state index >= 15 is 0 Å². The second-order valence-electron chi connectivity index (χ2n) is 18.4. The largest absolute Gasteiger partial charge is 0.508 e. The molecule has 0 bridgehead atoms. The first kappa shape index (κ1) is 42.7. The molecule has 0 spiro atoms. The predicted octanol–water partition coefficient (Wildman–Crippen LogP) is 11.7. The van der Waals surface area contributed by atoms with Crippen LogP contribution in [0.3, 0.4) is 0 Å². The summed E-state index contributed by atoms with van der Waals surface area (Å²) in [5.41, 5.74) is -1.87. The molecule has 10 nitrogen and oxygen atoms in total. The molecule has 0 radical (unpaired) electrons. The third-order valence-corrected chi connectivity index (χ3v) is 12.6. The molecule has 0 aromatic heterocycles. The molecule has 3 unspecified atom stereocenters. The van der Waals surface area contributed by atoms with Crippen molar-refractivity contribution in [2.45, 2.75) is 108 Å². The van der Waals surface area contributed by atoms with Gasteiger partial charge in [-0.25, -0.2) is 4.39 Å². The van der Waals surface area contributed by atoms with E-state index in [9.17, 15) is 34.7 Å². The summed E-state index contributed by atoms with van der Waals surface area (Å²) >= 11 is 6.31. The van der Waals surface area contributed by atoms with Gasteiger partial charge in [0, 0.05) is 12.1 Å². The van der Waals surface area contributed by atoms with Crippen molar-refractivity contribution in [2.75, 3.05) is 0 Å². The molecular formula is C50H46ClFN2O8. The van der Waals surface area contributed by atoms with Crippen LogP contribution in [0.1, 0.15) is 119 Å². The molecule has 2 aliphatic heterocycles. The zero-order chi connectivity index (χ0) is 44.7. The Morgan fingerprint density at radius 1 is 0.726 bits per heavy atom. The standard InChI is InChI=1S/C50H46ClFN2O8/c1-47(2)43(55)41(44(56)48(3,4)61-47)37-20-30(59-32-12-11-28(25-54)38(51)22-32)14-16-34(37)35-19-29(35)23-50(7)46(58)42(45(57)49(5,6)62-50)36-21-31(13-15-33(36)27-9-10-27)60-40-18-26(24-53)8-17-39(40)52/h8,11-18,20-22,27,29,35,55,57H,9-10,19,23H2,1-7H3. The molecule has 2 fully saturated rings. The van der Waals surface area contributed by atoms with Crippen molar-refractivity contribution in [1.29, 1.82) is 10.5 Å². The Morgan fingerprint density at radius 3 is 1.94 bits per heavy atom. The van der Waals surface area contributed by atoms with E-state index in [2.05, 4.69) is 0 Å². The maximum Gasteiger partial charge on any atom is 0.198 e. The quantitative estimate of drug-likeness (QED) is 0.157. The summed E-state index contributed by atoms with van der Waals surface area (Å²) < 4.78 is 39.6. The number of nitriles is 2. The van der Waals surface area contributed by atoms with Crippen LogP contribution >= 0.6 is 11.6 Å². The van der Waals surface area contributed by atoms with Gasteiger partial charge in [0.25, 0.3) is 0 Å². The highest BCUT2D eigenvalue weighted by Gasteiger charge is 2.55. The number of rotatable bonds is 10. The number of carbonyl (C=O) groups is 2. The van der Waals surface area contributed by atoms with Gasteiger partial charge in [0.2, 0.25) is 0 Å². The van der Waals surface area contributed by atoms with Crippen LogP contribution < -0.4 is 9.47 Å². The molecule has 318 valence electrons. The summed E-state index contributed by atoms with van der Waals surface area (Å²) in [7, 11) is 0. The summed E-state index contributed by atoms with van der Waals surface area (Å²) in [4.78, 5) is 29.1. The number of ether oxygens (including phenoxy) is 4. The molecule has 2 aliphatic carbocycles. The molecule has 2 heterocycles. The molecule has 4 aliphatic rings. The van der Waals surface area contributed by atoms with Crippen molar-refractivity contribution >= 4 is 34.3 Å². The van der Waals surface area contributed by atoms with Gasteiger partial charge in [-0.3, -0.25) is 9.59 Å². The number of hydrogen-bond acceptors (Lipinski definition) is 10. The Morgan fingerprint density at radius 2 is 1.31 bits per heavy atom. The molecule has 0 amide bonds. The lowest BCUT2D eigenvalue weighted by Crippen LogP contribution is -2.51. The molecule has 2 N–H and O–H groups in total. The van der Waals surface area contributed by atoms with Crippen molar-refractivity contribution in [3.8, 4) is 35.1 Å².